The number of rotatable bonds is 18. The highest BCUT2D eigenvalue weighted by Gasteiger charge is 2.39. The first-order chi connectivity index (χ1) is 19.9. The number of carbonyl (C=O) groups excluding carboxylic acids is 5. The number of aromatic amines is 1. The minimum absolute atomic E-state index is 0.0703. The van der Waals surface area contributed by atoms with Gasteiger partial charge in [0, 0.05) is 24.7 Å². The number of hydrogen-bond donors (Lipinski definition) is 9. The Morgan fingerprint density at radius 1 is 1.10 bits per heavy atom. The van der Waals surface area contributed by atoms with Crippen LogP contribution in [0.5, 0.6) is 0 Å². The van der Waals surface area contributed by atoms with Crippen molar-refractivity contribution < 1.29 is 58.7 Å². The van der Waals surface area contributed by atoms with E-state index in [0.29, 0.717) is 25.1 Å². The Balaban J connectivity index is 1.78. The maximum absolute atomic E-state index is 12.8. The number of aliphatic hydroxyl groups is 3. The predicted molar refractivity (Wildman–Crippen MR) is 138 cm³/mol. The second-order valence-corrected chi connectivity index (χ2v) is 9.17. The molecule has 1 aliphatic rings. The van der Waals surface area contributed by atoms with Crippen LogP contribution in [0.3, 0.4) is 0 Å². The number of hydrogen-bond acceptors (Lipinski definition) is 13. The van der Waals surface area contributed by atoms with Crippen molar-refractivity contribution in [1.82, 2.24) is 25.9 Å². The molecule has 0 fully saturated rings. The number of amides is 3. The number of carboxylic acids is 1. The van der Waals surface area contributed by atoms with Crippen molar-refractivity contribution in [2.24, 2.45) is 5.73 Å². The van der Waals surface area contributed by atoms with Crippen molar-refractivity contribution in [3.63, 3.8) is 0 Å². The number of esters is 2. The number of imidazole rings is 1. The molecule has 18 heteroatoms. The van der Waals surface area contributed by atoms with Crippen LogP contribution in [0.25, 0.3) is 0 Å². The standard InChI is InChI=1S/C24H34N6O12/c25-6-2-1-3-13(22(37)30-14(23(38)39)7-12-8-26-11-28-12)29-17(33)9-27-16(32)4-5-18(34)41-10-15(31)21-19(35)20(36)24(40)42-21/h8,11,13-15,21,31,35-36H,1-7,9-10,25H2,(H,26,28)(H,27,32)(H,29,33)(H,30,37)(H,38,39). The largest absolute Gasteiger partial charge is 0.505 e. The molecule has 2 heterocycles. The van der Waals surface area contributed by atoms with E-state index in [1.54, 1.807) is 0 Å². The summed E-state index contributed by atoms with van der Waals surface area (Å²) in [5, 5.41) is 45.3. The predicted octanol–water partition coefficient (Wildman–Crippen LogP) is -2.81. The number of nitrogens with zero attached hydrogens (tertiary/aromatic N) is 1. The van der Waals surface area contributed by atoms with Crippen LogP contribution in [0.15, 0.2) is 24.0 Å². The van der Waals surface area contributed by atoms with Gasteiger partial charge in [0.15, 0.2) is 11.9 Å². The van der Waals surface area contributed by atoms with Crippen molar-refractivity contribution in [1.29, 1.82) is 0 Å². The summed E-state index contributed by atoms with van der Waals surface area (Å²) in [6.07, 6.45) is -0.270. The Morgan fingerprint density at radius 3 is 2.43 bits per heavy atom. The van der Waals surface area contributed by atoms with E-state index in [-0.39, 0.29) is 12.8 Å². The van der Waals surface area contributed by atoms with Gasteiger partial charge in [-0.25, -0.2) is 14.6 Å². The minimum atomic E-state index is -1.67. The van der Waals surface area contributed by atoms with Crippen molar-refractivity contribution in [2.75, 3.05) is 19.7 Å². The van der Waals surface area contributed by atoms with Gasteiger partial charge in [-0.15, -0.1) is 0 Å². The Morgan fingerprint density at radius 2 is 1.83 bits per heavy atom. The molecule has 0 spiro atoms. The van der Waals surface area contributed by atoms with E-state index >= 15 is 0 Å². The summed E-state index contributed by atoms with van der Waals surface area (Å²) in [6.45, 7) is -0.920. The lowest BCUT2D eigenvalue weighted by Crippen LogP contribution is -2.53. The van der Waals surface area contributed by atoms with Crippen molar-refractivity contribution in [3.05, 3.63) is 29.7 Å². The second-order valence-electron chi connectivity index (χ2n) is 9.17. The smallest absolute Gasteiger partial charge is 0.377 e. The molecular weight excluding hydrogens is 564 g/mol. The molecular formula is C24H34N6O12. The summed E-state index contributed by atoms with van der Waals surface area (Å²) < 4.78 is 9.30. The third-order valence-corrected chi connectivity index (χ3v) is 5.90. The number of unbranched alkanes of at least 4 members (excludes halogenated alkanes) is 1. The van der Waals surface area contributed by atoms with E-state index in [1.807, 2.05) is 0 Å². The Hall–Kier alpha value is -4.71. The van der Waals surface area contributed by atoms with Crippen LogP contribution in [0, 0.1) is 0 Å². The normalized spacial score (nSPS) is 16.6. The lowest BCUT2D eigenvalue weighted by atomic mass is 10.1. The molecule has 4 atom stereocenters. The van der Waals surface area contributed by atoms with Gasteiger partial charge in [0.25, 0.3) is 0 Å². The van der Waals surface area contributed by atoms with Gasteiger partial charge in [0.05, 0.1) is 19.3 Å². The highest BCUT2D eigenvalue weighted by Crippen LogP contribution is 2.21. The van der Waals surface area contributed by atoms with E-state index < -0.39 is 97.4 Å². The fourth-order valence-corrected chi connectivity index (χ4v) is 3.64. The van der Waals surface area contributed by atoms with Gasteiger partial charge >= 0.3 is 17.9 Å². The third kappa shape index (κ3) is 10.7. The van der Waals surface area contributed by atoms with Gasteiger partial charge in [-0.3, -0.25) is 19.2 Å². The fraction of sp³-hybridized carbons (Fsp3) is 0.542. The topological polar surface area (TPSA) is 293 Å². The molecule has 1 aromatic rings. The number of cyclic esters (lactones) is 1. The summed E-state index contributed by atoms with van der Waals surface area (Å²) >= 11 is 0. The zero-order chi connectivity index (χ0) is 31.2. The van der Waals surface area contributed by atoms with E-state index in [1.165, 1.54) is 12.5 Å². The molecule has 1 aromatic heterocycles. The van der Waals surface area contributed by atoms with Crippen molar-refractivity contribution >= 4 is 35.6 Å². The number of carboxylic acid groups (broad SMARTS) is 1. The number of aliphatic carboxylic acids is 1. The number of aromatic nitrogens is 2. The summed E-state index contributed by atoms with van der Waals surface area (Å²) in [5.41, 5.74) is 5.97. The summed E-state index contributed by atoms with van der Waals surface area (Å²) in [7, 11) is 0. The zero-order valence-electron chi connectivity index (χ0n) is 22.4. The van der Waals surface area contributed by atoms with Gasteiger partial charge < -0.3 is 56.6 Å². The van der Waals surface area contributed by atoms with Crippen LogP contribution in [-0.2, 0) is 44.7 Å². The number of nitrogens with two attached hydrogens (primary N) is 1. The Kier molecular flexibility index (Phi) is 13.2. The van der Waals surface area contributed by atoms with Crippen LogP contribution in [0.2, 0.25) is 0 Å². The monoisotopic (exact) mass is 598 g/mol. The molecule has 2 rings (SSSR count). The maximum Gasteiger partial charge on any atom is 0.377 e. The molecule has 4 unspecified atom stereocenters. The molecule has 10 N–H and O–H groups in total. The zero-order valence-corrected chi connectivity index (χ0v) is 22.4. The summed E-state index contributed by atoms with van der Waals surface area (Å²) in [4.78, 5) is 78.5. The van der Waals surface area contributed by atoms with E-state index in [9.17, 15) is 49.2 Å². The third-order valence-electron chi connectivity index (χ3n) is 5.90. The summed E-state index contributed by atoms with van der Waals surface area (Å²) in [5.74, 6) is -7.64. The molecule has 232 valence electrons. The minimum Gasteiger partial charge on any atom is -0.505 e. The summed E-state index contributed by atoms with van der Waals surface area (Å²) in [6, 6.07) is -2.41. The first-order valence-electron chi connectivity index (χ1n) is 12.9. The number of aliphatic hydroxyl groups excluding tert-OH is 3. The molecule has 1 aliphatic heterocycles. The second kappa shape index (κ2) is 16.5. The SMILES string of the molecule is NCCCCC(NC(=O)CNC(=O)CCC(=O)OCC(O)C1OC(=O)C(O)=C1O)C(=O)NC(Cc1cnc[nH]1)C(=O)O. The molecule has 42 heavy (non-hydrogen) atoms. The van der Waals surface area contributed by atoms with Crippen LogP contribution < -0.4 is 21.7 Å². The van der Waals surface area contributed by atoms with E-state index in [4.69, 9.17) is 10.5 Å². The average Bonchev–Trinajstić information content (AvgIpc) is 3.56. The Labute approximate surface area is 238 Å². The highest BCUT2D eigenvalue weighted by atomic mass is 16.6. The molecule has 0 aliphatic carbocycles. The van der Waals surface area contributed by atoms with Gasteiger partial charge in [-0.2, -0.15) is 0 Å². The maximum atomic E-state index is 12.8. The molecule has 0 radical (unpaired) electrons. The van der Waals surface area contributed by atoms with E-state index in [0.717, 1.165) is 0 Å². The van der Waals surface area contributed by atoms with Gasteiger partial charge in [-0.05, 0) is 25.8 Å². The van der Waals surface area contributed by atoms with Crippen molar-refractivity contribution in [2.45, 2.75) is 62.8 Å². The number of nitrogens with one attached hydrogen (secondary N) is 4. The van der Waals surface area contributed by atoms with Crippen molar-refractivity contribution in [3.8, 4) is 0 Å². The number of H-pyrrole nitrogens is 1. The molecule has 18 nitrogen and oxygen atoms in total. The highest BCUT2D eigenvalue weighted by molar-refractivity contribution is 5.92. The van der Waals surface area contributed by atoms with Gasteiger partial charge in [-0.1, -0.05) is 0 Å². The van der Waals surface area contributed by atoms with Gasteiger partial charge in [0.1, 0.15) is 24.8 Å². The van der Waals surface area contributed by atoms with Crippen LogP contribution >= 0.6 is 0 Å². The molecule has 0 saturated carbocycles. The van der Waals surface area contributed by atoms with Crippen LogP contribution in [0.4, 0.5) is 0 Å². The van der Waals surface area contributed by atoms with Crippen LogP contribution in [0.1, 0.15) is 37.8 Å². The first-order valence-corrected chi connectivity index (χ1v) is 12.9. The number of ether oxygens (including phenoxy) is 2. The molecule has 0 saturated heterocycles. The quantitative estimate of drug-likeness (QED) is 0.0609. The lowest BCUT2D eigenvalue weighted by molar-refractivity contribution is -0.155. The van der Waals surface area contributed by atoms with Gasteiger partial charge in [0.2, 0.25) is 23.5 Å². The molecule has 3 amide bonds. The molecule has 0 bridgehead atoms. The fourth-order valence-electron chi connectivity index (χ4n) is 3.64. The number of carbonyl (C=O) groups is 6. The lowest BCUT2D eigenvalue weighted by Gasteiger charge is -2.21. The van der Waals surface area contributed by atoms with Crippen LogP contribution in [-0.4, -0.2) is 110 Å². The first kappa shape index (κ1) is 33.5. The van der Waals surface area contributed by atoms with E-state index in [2.05, 4.69) is 30.7 Å². The Bertz CT molecular complexity index is 1150. The molecule has 0 aromatic carbocycles. The average molecular weight is 599 g/mol.